The number of oxazole rings is 1. The smallest absolute Gasteiger partial charge is 0.226 e. The Labute approximate surface area is 185 Å². The molecule has 2 N–H and O–H groups in total. The molecule has 28 heavy (non-hydrogen) atoms. The fraction of sp³-hybridized carbons (Fsp3) is 0.524. The van der Waals surface area contributed by atoms with Gasteiger partial charge < -0.3 is 20.0 Å². The average molecular weight is 497 g/mol. The van der Waals surface area contributed by atoms with Crippen LogP contribution in [0.15, 0.2) is 46.0 Å². The van der Waals surface area contributed by atoms with Crippen LogP contribution < -0.4 is 10.6 Å². The third kappa shape index (κ3) is 7.09. The number of rotatable bonds is 7. The van der Waals surface area contributed by atoms with Crippen molar-refractivity contribution in [2.75, 3.05) is 33.2 Å². The zero-order valence-electron chi connectivity index (χ0n) is 16.9. The predicted molar refractivity (Wildman–Crippen MR) is 125 cm³/mol. The van der Waals surface area contributed by atoms with E-state index in [-0.39, 0.29) is 24.0 Å². The normalized spacial score (nSPS) is 16.3. The van der Waals surface area contributed by atoms with Crippen molar-refractivity contribution in [1.82, 2.24) is 20.5 Å². The summed E-state index contributed by atoms with van der Waals surface area (Å²) in [6.07, 6.45) is 5.76. The van der Waals surface area contributed by atoms with Gasteiger partial charge in [0.05, 0.1) is 12.2 Å². The first-order chi connectivity index (χ1) is 13.2. The lowest BCUT2D eigenvalue weighted by atomic mass is 10.1. The van der Waals surface area contributed by atoms with Gasteiger partial charge in [-0.2, -0.15) is 0 Å². The molecule has 1 aromatic carbocycles. The summed E-state index contributed by atoms with van der Waals surface area (Å²) in [7, 11) is 1.79. The van der Waals surface area contributed by atoms with Gasteiger partial charge in [-0.25, -0.2) is 4.98 Å². The third-order valence-corrected chi connectivity index (χ3v) is 4.87. The monoisotopic (exact) mass is 497 g/mol. The van der Waals surface area contributed by atoms with Crippen LogP contribution in [0, 0.1) is 5.92 Å². The molecule has 0 amide bonds. The van der Waals surface area contributed by atoms with Gasteiger partial charge in [-0.3, -0.25) is 4.99 Å². The molecule has 0 radical (unpaired) electrons. The maximum atomic E-state index is 5.58. The highest BCUT2D eigenvalue weighted by atomic mass is 127. The molecule has 2 heterocycles. The maximum absolute atomic E-state index is 5.58. The van der Waals surface area contributed by atoms with E-state index in [1.54, 1.807) is 13.3 Å². The van der Waals surface area contributed by atoms with Crippen LogP contribution >= 0.6 is 24.0 Å². The molecule has 1 aromatic heterocycles. The largest absolute Gasteiger partial charge is 0.444 e. The van der Waals surface area contributed by atoms with Crippen LogP contribution in [0.1, 0.15) is 31.9 Å². The van der Waals surface area contributed by atoms with E-state index in [0.717, 1.165) is 30.3 Å². The molecule has 1 unspecified atom stereocenters. The summed E-state index contributed by atoms with van der Waals surface area (Å²) in [6, 6.07) is 9.93. The van der Waals surface area contributed by atoms with Gasteiger partial charge in [0.2, 0.25) is 5.89 Å². The van der Waals surface area contributed by atoms with Crippen LogP contribution in [0.4, 0.5) is 0 Å². The Morgan fingerprint density at radius 3 is 2.64 bits per heavy atom. The van der Waals surface area contributed by atoms with Gasteiger partial charge in [-0.05, 0) is 44.0 Å². The first-order valence-corrected chi connectivity index (χ1v) is 9.91. The number of halogens is 1. The summed E-state index contributed by atoms with van der Waals surface area (Å²) >= 11 is 0. The molecule has 1 aliphatic rings. The standard InChI is InChI=1S/C21H31N5O.HI/c1-17(15-26-11-7-4-8-12-26)13-23-21(22-2)24-14-19-16-27-20(25-19)18-9-5-3-6-10-18;/h3,5-6,9-10,16-17H,4,7-8,11-15H2,1-2H3,(H2,22,23,24);1H. The fourth-order valence-corrected chi connectivity index (χ4v) is 3.41. The highest BCUT2D eigenvalue weighted by Crippen LogP contribution is 2.17. The molecule has 0 saturated carbocycles. The Morgan fingerprint density at radius 2 is 1.93 bits per heavy atom. The van der Waals surface area contributed by atoms with Crippen LogP contribution in [-0.4, -0.2) is 49.1 Å². The number of aromatic nitrogens is 1. The Hall–Kier alpha value is -1.61. The number of nitrogens with zero attached hydrogens (tertiary/aromatic N) is 3. The van der Waals surface area contributed by atoms with Crippen molar-refractivity contribution in [3.8, 4) is 11.5 Å². The summed E-state index contributed by atoms with van der Waals surface area (Å²) in [5, 5.41) is 6.73. The van der Waals surface area contributed by atoms with Crippen molar-refractivity contribution < 1.29 is 4.42 Å². The Balaban J connectivity index is 0.00000280. The molecule has 0 spiro atoms. The first-order valence-electron chi connectivity index (χ1n) is 9.91. The van der Waals surface area contributed by atoms with Crippen molar-refractivity contribution in [3.63, 3.8) is 0 Å². The first kappa shape index (κ1) is 22.7. The number of benzene rings is 1. The summed E-state index contributed by atoms with van der Waals surface area (Å²) in [5.74, 6) is 2.02. The summed E-state index contributed by atoms with van der Waals surface area (Å²) < 4.78 is 5.58. The van der Waals surface area contributed by atoms with Crippen LogP contribution in [-0.2, 0) is 6.54 Å². The molecule has 0 bridgehead atoms. The molecule has 0 aliphatic carbocycles. The number of likely N-dealkylation sites (tertiary alicyclic amines) is 1. The Kier molecular flexibility index (Phi) is 9.77. The van der Waals surface area contributed by atoms with Crippen molar-refractivity contribution in [2.45, 2.75) is 32.7 Å². The molecule has 1 saturated heterocycles. The van der Waals surface area contributed by atoms with E-state index in [2.05, 4.69) is 32.4 Å². The zero-order valence-corrected chi connectivity index (χ0v) is 19.2. The highest BCUT2D eigenvalue weighted by molar-refractivity contribution is 14.0. The zero-order chi connectivity index (χ0) is 18.9. The van der Waals surface area contributed by atoms with E-state index in [1.807, 2.05) is 30.3 Å². The molecule has 1 atom stereocenters. The van der Waals surface area contributed by atoms with Gasteiger partial charge in [0.1, 0.15) is 6.26 Å². The lowest BCUT2D eigenvalue weighted by Gasteiger charge is -2.29. The van der Waals surface area contributed by atoms with Gasteiger partial charge in [0.25, 0.3) is 0 Å². The number of piperidine rings is 1. The molecule has 6 nitrogen and oxygen atoms in total. The van der Waals surface area contributed by atoms with Gasteiger partial charge >= 0.3 is 0 Å². The van der Waals surface area contributed by atoms with Crippen molar-refractivity contribution in [3.05, 3.63) is 42.3 Å². The van der Waals surface area contributed by atoms with E-state index in [9.17, 15) is 0 Å². The van der Waals surface area contributed by atoms with E-state index in [1.165, 1.54) is 32.4 Å². The minimum Gasteiger partial charge on any atom is -0.444 e. The van der Waals surface area contributed by atoms with Gasteiger partial charge in [-0.1, -0.05) is 31.5 Å². The van der Waals surface area contributed by atoms with Crippen LogP contribution in [0.25, 0.3) is 11.5 Å². The van der Waals surface area contributed by atoms with Gasteiger partial charge in [0.15, 0.2) is 5.96 Å². The molecule has 154 valence electrons. The van der Waals surface area contributed by atoms with Crippen molar-refractivity contribution in [1.29, 1.82) is 0 Å². The fourth-order valence-electron chi connectivity index (χ4n) is 3.41. The summed E-state index contributed by atoms with van der Waals surface area (Å²) in [4.78, 5) is 11.4. The second kappa shape index (κ2) is 12.1. The molecule has 2 aromatic rings. The molecular weight excluding hydrogens is 465 g/mol. The SMILES string of the molecule is CN=C(NCc1coc(-c2ccccc2)n1)NCC(C)CN1CCCCC1.I. The second-order valence-corrected chi connectivity index (χ2v) is 7.28. The summed E-state index contributed by atoms with van der Waals surface area (Å²) in [5.41, 5.74) is 1.84. The molecule has 3 rings (SSSR count). The van der Waals surface area contributed by atoms with E-state index in [0.29, 0.717) is 18.4 Å². The number of hydrogen-bond acceptors (Lipinski definition) is 4. The topological polar surface area (TPSA) is 65.7 Å². The average Bonchev–Trinajstić information content (AvgIpc) is 3.19. The second-order valence-electron chi connectivity index (χ2n) is 7.28. The van der Waals surface area contributed by atoms with Gasteiger partial charge in [0, 0.05) is 25.7 Å². The number of guanidine groups is 1. The Morgan fingerprint density at radius 1 is 1.18 bits per heavy atom. The van der Waals surface area contributed by atoms with Crippen LogP contribution in [0.5, 0.6) is 0 Å². The molecule has 7 heteroatoms. The third-order valence-electron chi connectivity index (χ3n) is 4.87. The van der Waals surface area contributed by atoms with E-state index in [4.69, 9.17) is 4.42 Å². The van der Waals surface area contributed by atoms with Crippen LogP contribution in [0.2, 0.25) is 0 Å². The molecular formula is C21H32IN5O. The minimum absolute atomic E-state index is 0. The lowest BCUT2D eigenvalue weighted by Crippen LogP contribution is -2.42. The quantitative estimate of drug-likeness (QED) is 0.347. The summed E-state index contributed by atoms with van der Waals surface area (Å²) in [6.45, 7) is 7.41. The van der Waals surface area contributed by atoms with Gasteiger partial charge in [-0.15, -0.1) is 24.0 Å². The number of aliphatic imine (C=N–C) groups is 1. The van der Waals surface area contributed by atoms with E-state index < -0.39 is 0 Å². The number of nitrogens with one attached hydrogen (secondary N) is 2. The molecule has 1 fully saturated rings. The highest BCUT2D eigenvalue weighted by Gasteiger charge is 2.14. The van der Waals surface area contributed by atoms with E-state index >= 15 is 0 Å². The lowest BCUT2D eigenvalue weighted by molar-refractivity contribution is 0.201. The Bertz CT molecular complexity index is 713. The maximum Gasteiger partial charge on any atom is 0.226 e. The van der Waals surface area contributed by atoms with Crippen LogP contribution in [0.3, 0.4) is 0 Å². The van der Waals surface area contributed by atoms with Crippen molar-refractivity contribution in [2.24, 2.45) is 10.9 Å². The minimum atomic E-state index is 0. The predicted octanol–water partition coefficient (Wildman–Crippen LogP) is 3.75. The number of hydrogen-bond donors (Lipinski definition) is 2. The molecule has 1 aliphatic heterocycles. The van der Waals surface area contributed by atoms with Crippen molar-refractivity contribution >= 4 is 29.9 Å².